The van der Waals surface area contributed by atoms with Crippen molar-refractivity contribution in [3.05, 3.63) is 12.7 Å². The molecule has 1 heterocycles. The molecule has 1 fully saturated rings. The number of carboxylic acids is 1. The fourth-order valence-corrected chi connectivity index (χ4v) is 2.53. The first kappa shape index (κ1) is 13.1. The first-order chi connectivity index (χ1) is 7.66. The molecule has 0 bridgehead atoms. The summed E-state index contributed by atoms with van der Waals surface area (Å²) in [4.78, 5) is 24.1. The summed E-state index contributed by atoms with van der Waals surface area (Å²) in [5, 5.41) is 11.9. The van der Waals surface area contributed by atoms with Gasteiger partial charge in [0.2, 0.25) is 5.91 Å². The number of carbonyl (C=O) groups is 2. The molecule has 1 atom stereocenters. The van der Waals surface area contributed by atoms with E-state index >= 15 is 0 Å². The van der Waals surface area contributed by atoms with Crippen LogP contribution in [0, 0.1) is 0 Å². The SMILES string of the molecule is C=CCNCC(=O)N1CCSCC1C(=O)O. The van der Waals surface area contributed by atoms with Crippen molar-refractivity contribution in [3.8, 4) is 0 Å². The summed E-state index contributed by atoms with van der Waals surface area (Å²) >= 11 is 1.57. The highest BCUT2D eigenvalue weighted by Crippen LogP contribution is 2.16. The van der Waals surface area contributed by atoms with E-state index in [1.54, 1.807) is 17.8 Å². The van der Waals surface area contributed by atoms with Gasteiger partial charge in [-0.2, -0.15) is 11.8 Å². The Bertz CT molecular complexity index is 283. The third-order valence-electron chi connectivity index (χ3n) is 2.30. The molecule has 90 valence electrons. The van der Waals surface area contributed by atoms with Crippen LogP contribution in [0.1, 0.15) is 0 Å². The van der Waals surface area contributed by atoms with Crippen LogP contribution in [0.15, 0.2) is 12.7 Å². The van der Waals surface area contributed by atoms with Crippen molar-refractivity contribution in [1.29, 1.82) is 0 Å². The zero-order chi connectivity index (χ0) is 12.0. The van der Waals surface area contributed by atoms with E-state index < -0.39 is 12.0 Å². The van der Waals surface area contributed by atoms with Gasteiger partial charge in [0.05, 0.1) is 6.54 Å². The normalized spacial score (nSPS) is 20.5. The number of amides is 1. The molecule has 16 heavy (non-hydrogen) atoms. The van der Waals surface area contributed by atoms with Crippen molar-refractivity contribution in [2.75, 3.05) is 31.1 Å². The molecule has 0 radical (unpaired) electrons. The molecule has 1 rings (SSSR count). The van der Waals surface area contributed by atoms with Gasteiger partial charge in [-0.3, -0.25) is 4.79 Å². The Morgan fingerprint density at radius 3 is 3.00 bits per heavy atom. The fourth-order valence-electron chi connectivity index (χ4n) is 1.49. The summed E-state index contributed by atoms with van der Waals surface area (Å²) in [6.45, 7) is 4.75. The number of nitrogens with one attached hydrogen (secondary N) is 1. The van der Waals surface area contributed by atoms with E-state index in [4.69, 9.17) is 5.11 Å². The number of hydrogen-bond donors (Lipinski definition) is 2. The van der Waals surface area contributed by atoms with Crippen LogP contribution in [-0.2, 0) is 9.59 Å². The van der Waals surface area contributed by atoms with Gasteiger partial charge in [-0.15, -0.1) is 6.58 Å². The molecule has 6 heteroatoms. The highest BCUT2D eigenvalue weighted by atomic mass is 32.2. The van der Waals surface area contributed by atoms with Crippen LogP contribution in [-0.4, -0.2) is 59.1 Å². The molecule has 1 amide bonds. The van der Waals surface area contributed by atoms with Gasteiger partial charge >= 0.3 is 5.97 Å². The number of aliphatic carboxylic acids is 1. The Kier molecular flexibility index (Phi) is 5.34. The molecule has 0 aromatic heterocycles. The number of rotatable bonds is 5. The van der Waals surface area contributed by atoms with Crippen LogP contribution < -0.4 is 5.32 Å². The van der Waals surface area contributed by atoms with Crippen LogP contribution in [0.5, 0.6) is 0 Å². The van der Waals surface area contributed by atoms with Gasteiger partial charge in [0, 0.05) is 24.6 Å². The van der Waals surface area contributed by atoms with Gasteiger partial charge in [-0.25, -0.2) is 4.79 Å². The minimum Gasteiger partial charge on any atom is -0.480 e. The van der Waals surface area contributed by atoms with Crippen LogP contribution in [0.2, 0.25) is 0 Å². The summed E-state index contributed by atoms with van der Waals surface area (Å²) in [6.07, 6.45) is 1.66. The lowest BCUT2D eigenvalue weighted by atomic mass is 10.2. The Balaban J connectivity index is 2.50. The first-order valence-electron chi connectivity index (χ1n) is 5.08. The van der Waals surface area contributed by atoms with Crippen molar-refractivity contribution >= 4 is 23.6 Å². The maximum atomic E-state index is 11.7. The lowest BCUT2D eigenvalue weighted by Crippen LogP contribution is -2.52. The van der Waals surface area contributed by atoms with E-state index in [1.165, 1.54) is 4.90 Å². The minimum atomic E-state index is -0.927. The van der Waals surface area contributed by atoms with E-state index in [0.717, 1.165) is 5.75 Å². The number of hydrogen-bond acceptors (Lipinski definition) is 4. The molecule has 0 aromatic rings. The van der Waals surface area contributed by atoms with Gasteiger partial charge in [0.25, 0.3) is 0 Å². The summed E-state index contributed by atoms with van der Waals surface area (Å²) in [5.74, 6) is 0.193. The zero-order valence-corrected chi connectivity index (χ0v) is 9.83. The van der Waals surface area contributed by atoms with Crippen molar-refractivity contribution in [1.82, 2.24) is 10.2 Å². The lowest BCUT2D eigenvalue weighted by molar-refractivity contribution is -0.148. The predicted octanol–water partition coefficient (Wildman–Crippen LogP) is -0.209. The first-order valence-corrected chi connectivity index (χ1v) is 6.24. The summed E-state index contributed by atoms with van der Waals surface area (Å²) in [7, 11) is 0. The van der Waals surface area contributed by atoms with Crippen molar-refractivity contribution in [2.45, 2.75) is 6.04 Å². The second-order valence-corrected chi connectivity index (χ2v) is 4.59. The van der Waals surface area contributed by atoms with Crippen LogP contribution in [0.4, 0.5) is 0 Å². The Labute approximate surface area is 98.9 Å². The second kappa shape index (κ2) is 6.55. The van der Waals surface area contributed by atoms with E-state index in [9.17, 15) is 9.59 Å². The molecule has 0 aromatic carbocycles. The highest BCUT2D eigenvalue weighted by molar-refractivity contribution is 7.99. The van der Waals surface area contributed by atoms with Gasteiger partial charge < -0.3 is 15.3 Å². The van der Waals surface area contributed by atoms with E-state index in [1.807, 2.05) is 0 Å². The fraction of sp³-hybridized carbons (Fsp3) is 0.600. The Morgan fingerprint density at radius 1 is 1.62 bits per heavy atom. The molecular formula is C10H16N2O3S. The number of carboxylic acid groups (broad SMARTS) is 1. The van der Waals surface area contributed by atoms with Gasteiger partial charge in [-0.05, 0) is 0 Å². The van der Waals surface area contributed by atoms with Gasteiger partial charge in [-0.1, -0.05) is 6.08 Å². The molecule has 1 aliphatic heterocycles. The molecule has 1 aliphatic rings. The standard InChI is InChI=1S/C10H16N2O3S/c1-2-3-11-6-9(13)12-4-5-16-7-8(12)10(14)15/h2,8,11H,1,3-7H2,(H,14,15). The van der Waals surface area contributed by atoms with Crippen LogP contribution in [0.25, 0.3) is 0 Å². The van der Waals surface area contributed by atoms with E-state index in [0.29, 0.717) is 18.8 Å². The molecular weight excluding hydrogens is 228 g/mol. The second-order valence-electron chi connectivity index (χ2n) is 3.44. The largest absolute Gasteiger partial charge is 0.480 e. The van der Waals surface area contributed by atoms with Crippen LogP contribution in [0.3, 0.4) is 0 Å². The molecule has 0 saturated carbocycles. The lowest BCUT2D eigenvalue weighted by Gasteiger charge is -2.32. The smallest absolute Gasteiger partial charge is 0.327 e. The average Bonchev–Trinajstić information content (AvgIpc) is 2.29. The predicted molar refractivity (Wildman–Crippen MR) is 63.5 cm³/mol. The van der Waals surface area contributed by atoms with Crippen molar-refractivity contribution in [3.63, 3.8) is 0 Å². The molecule has 0 aliphatic carbocycles. The monoisotopic (exact) mass is 244 g/mol. The van der Waals surface area contributed by atoms with E-state index in [2.05, 4.69) is 11.9 Å². The maximum Gasteiger partial charge on any atom is 0.327 e. The van der Waals surface area contributed by atoms with Gasteiger partial charge in [0.15, 0.2) is 0 Å². The molecule has 0 spiro atoms. The summed E-state index contributed by atoms with van der Waals surface area (Å²) < 4.78 is 0. The number of nitrogens with zero attached hydrogens (tertiary/aromatic N) is 1. The Hall–Kier alpha value is -1.01. The molecule has 5 nitrogen and oxygen atoms in total. The highest BCUT2D eigenvalue weighted by Gasteiger charge is 2.31. The third kappa shape index (κ3) is 3.53. The third-order valence-corrected chi connectivity index (χ3v) is 3.32. The number of thioether (sulfide) groups is 1. The zero-order valence-electron chi connectivity index (χ0n) is 9.02. The minimum absolute atomic E-state index is 0.158. The molecule has 1 saturated heterocycles. The van der Waals surface area contributed by atoms with Crippen molar-refractivity contribution in [2.24, 2.45) is 0 Å². The summed E-state index contributed by atoms with van der Waals surface area (Å²) in [6, 6.07) is -0.684. The Morgan fingerprint density at radius 2 is 2.38 bits per heavy atom. The molecule has 2 N–H and O–H groups in total. The summed E-state index contributed by atoms with van der Waals surface area (Å²) in [5.41, 5.74) is 0. The van der Waals surface area contributed by atoms with E-state index in [-0.39, 0.29) is 12.5 Å². The molecule has 1 unspecified atom stereocenters. The maximum absolute atomic E-state index is 11.7. The van der Waals surface area contributed by atoms with Crippen LogP contribution >= 0.6 is 11.8 Å². The van der Waals surface area contributed by atoms with Gasteiger partial charge in [0.1, 0.15) is 6.04 Å². The average molecular weight is 244 g/mol. The quantitative estimate of drug-likeness (QED) is 0.517. The topological polar surface area (TPSA) is 69.6 Å². The number of carbonyl (C=O) groups excluding carboxylic acids is 1. The van der Waals surface area contributed by atoms with Crippen molar-refractivity contribution < 1.29 is 14.7 Å².